The Morgan fingerprint density at radius 3 is 2.75 bits per heavy atom. The highest BCUT2D eigenvalue weighted by Crippen LogP contribution is 2.14. The van der Waals surface area contributed by atoms with Gasteiger partial charge < -0.3 is 10.0 Å². The zero-order chi connectivity index (χ0) is 12.2. The predicted molar refractivity (Wildman–Crippen MR) is 65.6 cm³/mol. The molecule has 0 aliphatic carbocycles. The Morgan fingerprint density at radius 1 is 1.56 bits per heavy atom. The molecular weight excluding hydrogens is 226 g/mol. The Kier molecular flexibility index (Phi) is 4.77. The Balaban J connectivity index is 2.33. The molecule has 1 N–H and O–H groups in total. The maximum absolute atomic E-state index is 9.17. The van der Waals surface area contributed by atoms with Gasteiger partial charge in [0, 0.05) is 31.3 Å². The molecule has 0 aromatic carbocycles. The van der Waals surface area contributed by atoms with E-state index in [1.54, 1.807) is 6.20 Å². The van der Waals surface area contributed by atoms with E-state index in [9.17, 15) is 0 Å². The largest absolute Gasteiger partial charge is 0.396 e. The molecule has 0 bridgehead atoms. The first-order valence-corrected chi connectivity index (χ1v) is 5.78. The third-order valence-corrected chi connectivity index (χ3v) is 2.63. The number of aliphatic hydroxyl groups is 1. The highest BCUT2D eigenvalue weighted by atomic mass is 35.5. The molecule has 0 radical (unpaired) electrons. The van der Waals surface area contributed by atoms with E-state index in [1.165, 1.54) is 0 Å². The fourth-order valence-corrected chi connectivity index (χ4v) is 1.75. The lowest BCUT2D eigenvalue weighted by molar-refractivity contribution is 0.113. The van der Waals surface area contributed by atoms with Crippen LogP contribution >= 0.6 is 11.6 Å². The first-order chi connectivity index (χ1) is 7.43. The third kappa shape index (κ3) is 4.51. The minimum absolute atomic E-state index is 0.0590. The van der Waals surface area contributed by atoms with E-state index >= 15 is 0 Å². The molecule has 0 aliphatic rings. The van der Waals surface area contributed by atoms with Crippen LogP contribution in [-0.4, -0.2) is 46.5 Å². The van der Waals surface area contributed by atoms with Crippen molar-refractivity contribution in [3.8, 4) is 0 Å². The van der Waals surface area contributed by atoms with Gasteiger partial charge in [0.15, 0.2) is 0 Å². The second-order valence-electron chi connectivity index (χ2n) is 4.98. The summed E-state index contributed by atoms with van der Waals surface area (Å²) in [5, 5.41) is 13.9. The van der Waals surface area contributed by atoms with Crippen molar-refractivity contribution in [1.82, 2.24) is 14.7 Å². The van der Waals surface area contributed by atoms with E-state index in [0.29, 0.717) is 5.02 Å². The van der Waals surface area contributed by atoms with Crippen molar-refractivity contribution in [3.63, 3.8) is 0 Å². The van der Waals surface area contributed by atoms with Crippen molar-refractivity contribution in [1.29, 1.82) is 0 Å². The lowest BCUT2D eigenvalue weighted by atomic mass is 9.94. The van der Waals surface area contributed by atoms with Gasteiger partial charge >= 0.3 is 0 Å². The molecule has 92 valence electrons. The van der Waals surface area contributed by atoms with Crippen LogP contribution in [0.2, 0.25) is 5.02 Å². The van der Waals surface area contributed by atoms with Crippen molar-refractivity contribution < 1.29 is 5.11 Å². The van der Waals surface area contributed by atoms with Crippen molar-refractivity contribution in [2.24, 2.45) is 5.41 Å². The van der Waals surface area contributed by atoms with Crippen LogP contribution < -0.4 is 0 Å². The summed E-state index contributed by atoms with van der Waals surface area (Å²) in [7, 11) is 2.04. The van der Waals surface area contributed by atoms with E-state index in [0.717, 1.165) is 19.6 Å². The summed E-state index contributed by atoms with van der Waals surface area (Å²) in [6.07, 6.45) is 3.45. The maximum atomic E-state index is 9.17. The van der Waals surface area contributed by atoms with Crippen LogP contribution in [0.15, 0.2) is 12.4 Å². The fraction of sp³-hybridized carbons (Fsp3) is 0.727. The summed E-state index contributed by atoms with van der Waals surface area (Å²) >= 11 is 5.77. The van der Waals surface area contributed by atoms with Gasteiger partial charge in [-0.3, -0.25) is 4.68 Å². The van der Waals surface area contributed by atoms with E-state index in [2.05, 4.69) is 10.00 Å². The molecule has 16 heavy (non-hydrogen) atoms. The smallest absolute Gasteiger partial charge is 0.0785 e. The van der Waals surface area contributed by atoms with Gasteiger partial charge in [0.05, 0.1) is 17.8 Å². The summed E-state index contributed by atoms with van der Waals surface area (Å²) in [5.41, 5.74) is -0.0590. The van der Waals surface area contributed by atoms with Gasteiger partial charge in [0.25, 0.3) is 0 Å². The Hall–Kier alpha value is -0.580. The summed E-state index contributed by atoms with van der Waals surface area (Å²) in [5.74, 6) is 0. The number of aliphatic hydroxyl groups excluding tert-OH is 1. The topological polar surface area (TPSA) is 41.3 Å². The van der Waals surface area contributed by atoms with Crippen LogP contribution in [0, 0.1) is 5.41 Å². The second kappa shape index (κ2) is 5.66. The second-order valence-corrected chi connectivity index (χ2v) is 5.42. The molecule has 0 saturated heterocycles. The van der Waals surface area contributed by atoms with E-state index in [1.807, 2.05) is 31.8 Å². The number of rotatable bonds is 6. The van der Waals surface area contributed by atoms with Crippen molar-refractivity contribution >= 4 is 11.6 Å². The molecule has 0 aliphatic heterocycles. The molecular formula is C11H20ClN3O. The standard InChI is InChI=1S/C11H20ClN3O/c1-11(2,9-16)8-14(3)4-5-15-7-10(12)6-13-15/h6-7,16H,4-5,8-9H2,1-3H3. The molecule has 1 rings (SSSR count). The molecule has 5 heteroatoms. The summed E-state index contributed by atoms with van der Waals surface area (Å²) < 4.78 is 1.82. The van der Waals surface area contributed by atoms with Gasteiger partial charge in [-0.1, -0.05) is 25.4 Å². The monoisotopic (exact) mass is 245 g/mol. The van der Waals surface area contributed by atoms with E-state index < -0.39 is 0 Å². The molecule has 1 aromatic heterocycles. The first-order valence-electron chi connectivity index (χ1n) is 5.40. The van der Waals surface area contributed by atoms with Crippen LogP contribution in [0.3, 0.4) is 0 Å². The molecule has 0 spiro atoms. The molecule has 0 unspecified atom stereocenters. The maximum Gasteiger partial charge on any atom is 0.0785 e. The minimum atomic E-state index is -0.0590. The number of aromatic nitrogens is 2. The molecule has 0 saturated carbocycles. The number of likely N-dealkylation sites (N-methyl/N-ethyl adjacent to an activating group) is 1. The molecule has 0 atom stereocenters. The lowest BCUT2D eigenvalue weighted by Crippen LogP contribution is -2.35. The summed E-state index contributed by atoms with van der Waals surface area (Å²) in [4.78, 5) is 2.19. The number of halogens is 1. The van der Waals surface area contributed by atoms with Crippen molar-refractivity contribution in [2.45, 2.75) is 20.4 Å². The normalized spacial score (nSPS) is 12.4. The summed E-state index contributed by atoms with van der Waals surface area (Å²) in [6, 6.07) is 0. The van der Waals surface area contributed by atoms with Crippen molar-refractivity contribution in [2.75, 3.05) is 26.7 Å². The van der Waals surface area contributed by atoms with Gasteiger partial charge in [-0.2, -0.15) is 5.10 Å². The Labute approximate surface area is 102 Å². The van der Waals surface area contributed by atoms with E-state index in [4.69, 9.17) is 16.7 Å². The highest BCUT2D eigenvalue weighted by Gasteiger charge is 2.18. The van der Waals surface area contributed by atoms with Gasteiger partial charge in [0.1, 0.15) is 0 Å². The van der Waals surface area contributed by atoms with Gasteiger partial charge in [0.2, 0.25) is 0 Å². The molecule has 0 amide bonds. The van der Waals surface area contributed by atoms with Crippen LogP contribution in [0.25, 0.3) is 0 Å². The average Bonchev–Trinajstić information content (AvgIpc) is 2.61. The molecule has 0 fully saturated rings. The Bertz CT molecular complexity index is 325. The van der Waals surface area contributed by atoms with Gasteiger partial charge in [-0.15, -0.1) is 0 Å². The predicted octanol–water partition coefficient (Wildman–Crippen LogP) is 1.49. The number of nitrogens with zero attached hydrogens (tertiary/aromatic N) is 3. The Morgan fingerprint density at radius 2 is 2.25 bits per heavy atom. The van der Waals surface area contributed by atoms with Crippen LogP contribution in [0.5, 0.6) is 0 Å². The fourth-order valence-electron chi connectivity index (χ4n) is 1.59. The minimum Gasteiger partial charge on any atom is -0.396 e. The SMILES string of the molecule is CN(CCn1cc(Cl)cn1)CC(C)(C)CO. The highest BCUT2D eigenvalue weighted by molar-refractivity contribution is 6.30. The molecule has 4 nitrogen and oxygen atoms in total. The van der Waals surface area contributed by atoms with Crippen LogP contribution in [-0.2, 0) is 6.54 Å². The van der Waals surface area contributed by atoms with Gasteiger partial charge in [-0.25, -0.2) is 0 Å². The zero-order valence-corrected chi connectivity index (χ0v) is 10.9. The third-order valence-electron chi connectivity index (χ3n) is 2.44. The van der Waals surface area contributed by atoms with Crippen LogP contribution in [0.4, 0.5) is 0 Å². The number of hydrogen-bond donors (Lipinski definition) is 1. The lowest BCUT2D eigenvalue weighted by Gasteiger charge is -2.28. The zero-order valence-electron chi connectivity index (χ0n) is 10.1. The van der Waals surface area contributed by atoms with Crippen LogP contribution in [0.1, 0.15) is 13.8 Å². The van der Waals surface area contributed by atoms with Crippen molar-refractivity contribution in [3.05, 3.63) is 17.4 Å². The van der Waals surface area contributed by atoms with Gasteiger partial charge in [-0.05, 0) is 7.05 Å². The quantitative estimate of drug-likeness (QED) is 0.826. The molecule has 1 aromatic rings. The number of hydrogen-bond acceptors (Lipinski definition) is 3. The summed E-state index contributed by atoms with van der Waals surface area (Å²) in [6.45, 7) is 6.86. The van der Waals surface area contributed by atoms with E-state index in [-0.39, 0.29) is 12.0 Å². The molecule has 1 heterocycles. The first kappa shape index (κ1) is 13.5. The average molecular weight is 246 g/mol.